The second kappa shape index (κ2) is 4.13. The number of aryl methyl sites for hydroxylation is 2. The van der Waals surface area contributed by atoms with Crippen LogP contribution in [0.15, 0.2) is 16.6 Å². The van der Waals surface area contributed by atoms with Crippen LogP contribution in [0.2, 0.25) is 0 Å². The number of likely N-dealkylation sites (tertiary alicyclic amines) is 1. The molecule has 0 unspecified atom stereocenters. The first-order chi connectivity index (χ1) is 7.37. The van der Waals surface area contributed by atoms with Crippen LogP contribution in [0, 0.1) is 13.8 Å². The number of hydrogen-bond donors (Lipinski definition) is 1. The monoisotopic (exact) mass is 283 g/mol. The fraction of sp³-hybridized carbons (Fsp3) is 0.538. The van der Waals surface area contributed by atoms with Gasteiger partial charge in [-0.15, -0.1) is 0 Å². The van der Waals surface area contributed by atoms with E-state index in [2.05, 4.69) is 46.8 Å². The van der Waals surface area contributed by atoms with E-state index < -0.39 is 5.60 Å². The van der Waals surface area contributed by atoms with E-state index in [1.165, 1.54) is 21.2 Å². The van der Waals surface area contributed by atoms with Crippen LogP contribution in [0.4, 0.5) is 0 Å². The lowest BCUT2D eigenvalue weighted by Gasteiger charge is -2.44. The molecule has 0 bridgehead atoms. The van der Waals surface area contributed by atoms with E-state index in [0.29, 0.717) is 0 Å². The molecule has 1 fully saturated rings. The number of hydrogen-bond acceptors (Lipinski definition) is 2. The summed E-state index contributed by atoms with van der Waals surface area (Å²) in [5, 5.41) is 9.67. The van der Waals surface area contributed by atoms with E-state index in [1.54, 1.807) is 0 Å². The predicted octanol–water partition coefficient (Wildman–Crippen LogP) is 2.63. The second-order valence-electron chi connectivity index (χ2n) is 5.19. The van der Waals surface area contributed by atoms with Gasteiger partial charge >= 0.3 is 0 Å². The van der Waals surface area contributed by atoms with Crippen molar-refractivity contribution in [2.45, 2.75) is 32.9 Å². The third-order valence-corrected chi connectivity index (χ3v) is 4.28. The molecule has 2 nitrogen and oxygen atoms in total. The Morgan fingerprint density at radius 2 is 1.81 bits per heavy atom. The molecule has 1 aliphatic heterocycles. The summed E-state index contributed by atoms with van der Waals surface area (Å²) in [6, 6.07) is 4.42. The zero-order valence-electron chi connectivity index (χ0n) is 10.0. The molecule has 0 amide bonds. The lowest BCUT2D eigenvalue weighted by Crippen LogP contribution is -2.59. The molecule has 0 atom stereocenters. The van der Waals surface area contributed by atoms with Crippen LogP contribution in [0.1, 0.15) is 23.6 Å². The Bertz CT molecular complexity index is 383. The van der Waals surface area contributed by atoms with Crippen LogP contribution in [0.25, 0.3) is 0 Å². The van der Waals surface area contributed by atoms with Crippen molar-refractivity contribution in [2.75, 3.05) is 13.1 Å². The summed E-state index contributed by atoms with van der Waals surface area (Å²) in [7, 11) is 0. The van der Waals surface area contributed by atoms with Gasteiger partial charge in [0.2, 0.25) is 0 Å². The van der Waals surface area contributed by atoms with Crippen LogP contribution in [-0.4, -0.2) is 28.7 Å². The average molecular weight is 284 g/mol. The quantitative estimate of drug-likeness (QED) is 0.902. The second-order valence-corrected chi connectivity index (χ2v) is 5.98. The van der Waals surface area contributed by atoms with Crippen molar-refractivity contribution in [2.24, 2.45) is 0 Å². The Morgan fingerprint density at radius 1 is 1.31 bits per heavy atom. The molecule has 1 aromatic carbocycles. The van der Waals surface area contributed by atoms with Crippen LogP contribution in [0.3, 0.4) is 0 Å². The van der Waals surface area contributed by atoms with Crippen LogP contribution in [-0.2, 0) is 6.54 Å². The van der Waals surface area contributed by atoms with Gasteiger partial charge in [-0.25, -0.2) is 0 Å². The van der Waals surface area contributed by atoms with E-state index in [-0.39, 0.29) is 0 Å². The van der Waals surface area contributed by atoms with Crippen molar-refractivity contribution in [1.82, 2.24) is 4.90 Å². The summed E-state index contributed by atoms with van der Waals surface area (Å²) < 4.78 is 1.20. The summed E-state index contributed by atoms with van der Waals surface area (Å²) in [6.45, 7) is 8.62. The normalized spacial score (nSPS) is 19.6. The molecular formula is C13H18BrNO. The summed E-state index contributed by atoms with van der Waals surface area (Å²) in [5.41, 5.74) is 3.41. The highest BCUT2D eigenvalue weighted by atomic mass is 79.9. The Morgan fingerprint density at radius 3 is 2.25 bits per heavy atom. The van der Waals surface area contributed by atoms with Gasteiger partial charge in [0.1, 0.15) is 0 Å². The number of nitrogens with zero attached hydrogens (tertiary/aromatic N) is 1. The molecule has 16 heavy (non-hydrogen) atoms. The van der Waals surface area contributed by atoms with Crippen molar-refractivity contribution < 1.29 is 5.11 Å². The number of benzene rings is 1. The van der Waals surface area contributed by atoms with Gasteiger partial charge in [-0.3, -0.25) is 4.90 Å². The minimum Gasteiger partial charge on any atom is -0.388 e. The molecule has 0 aromatic heterocycles. The smallest absolute Gasteiger partial charge is 0.0872 e. The van der Waals surface area contributed by atoms with E-state index in [1.807, 2.05) is 6.92 Å². The molecule has 0 radical (unpaired) electrons. The summed E-state index contributed by atoms with van der Waals surface area (Å²) in [4.78, 5) is 2.27. The van der Waals surface area contributed by atoms with Gasteiger partial charge in [0.25, 0.3) is 0 Å². The molecule has 1 heterocycles. The fourth-order valence-electron chi connectivity index (χ4n) is 2.41. The average Bonchev–Trinajstić information content (AvgIpc) is 2.11. The predicted molar refractivity (Wildman–Crippen MR) is 69.5 cm³/mol. The number of halogens is 1. The minimum atomic E-state index is -0.473. The van der Waals surface area contributed by atoms with Gasteiger partial charge in [-0.2, -0.15) is 0 Å². The minimum absolute atomic E-state index is 0.473. The largest absolute Gasteiger partial charge is 0.388 e. The summed E-state index contributed by atoms with van der Waals surface area (Å²) >= 11 is 3.58. The highest BCUT2D eigenvalue weighted by molar-refractivity contribution is 9.10. The zero-order chi connectivity index (χ0) is 11.9. The Kier molecular flexibility index (Phi) is 3.12. The molecule has 0 aliphatic carbocycles. The number of rotatable bonds is 2. The molecule has 1 aromatic rings. The van der Waals surface area contributed by atoms with Crippen molar-refractivity contribution in [1.29, 1.82) is 0 Å². The van der Waals surface area contributed by atoms with Crippen molar-refractivity contribution in [3.05, 3.63) is 33.3 Å². The fourth-order valence-corrected chi connectivity index (χ4v) is 2.64. The van der Waals surface area contributed by atoms with Gasteiger partial charge < -0.3 is 5.11 Å². The maximum Gasteiger partial charge on any atom is 0.0872 e. The standard InChI is InChI=1S/C13H18BrNO/c1-9-4-11(5-10(2)12(9)14)6-15-7-13(3,16)8-15/h4-5,16H,6-8H2,1-3H3. The Labute approximate surface area is 105 Å². The highest BCUT2D eigenvalue weighted by Crippen LogP contribution is 2.26. The Balaban J connectivity index is 2.06. The molecule has 88 valence electrons. The van der Waals surface area contributed by atoms with Crippen LogP contribution >= 0.6 is 15.9 Å². The third kappa shape index (κ3) is 2.47. The van der Waals surface area contributed by atoms with Crippen molar-refractivity contribution in [3.8, 4) is 0 Å². The maximum atomic E-state index is 9.67. The van der Waals surface area contributed by atoms with Gasteiger partial charge in [0.15, 0.2) is 0 Å². The summed E-state index contributed by atoms with van der Waals surface area (Å²) in [6.07, 6.45) is 0. The molecule has 0 saturated carbocycles. The first-order valence-electron chi connectivity index (χ1n) is 5.58. The van der Waals surface area contributed by atoms with Gasteiger partial charge in [-0.1, -0.05) is 28.1 Å². The van der Waals surface area contributed by atoms with E-state index in [0.717, 1.165) is 19.6 Å². The zero-order valence-corrected chi connectivity index (χ0v) is 11.6. The van der Waals surface area contributed by atoms with Gasteiger partial charge in [0.05, 0.1) is 5.60 Å². The number of β-amino-alcohol motifs (C(OH)–C–C–N with tert-alkyl or cyclic N) is 1. The topological polar surface area (TPSA) is 23.5 Å². The van der Waals surface area contributed by atoms with Gasteiger partial charge in [-0.05, 0) is 37.5 Å². The first kappa shape index (κ1) is 12.1. The van der Waals surface area contributed by atoms with Crippen LogP contribution < -0.4 is 0 Å². The van der Waals surface area contributed by atoms with E-state index in [4.69, 9.17) is 0 Å². The van der Waals surface area contributed by atoms with Crippen molar-refractivity contribution in [3.63, 3.8) is 0 Å². The van der Waals surface area contributed by atoms with Crippen LogP contribution in [0.5, 0.6) is 0 Å². The molecule has 0 spiro atoms. The molecule has 1 saturated heterocycles. The molecular weight excluding hydrogens is 266 g/mol. The molecule has 1 N–H and O–H groups in total. The van der Waals surface area contributed by atoms with E-state index in [9.17, 15) is 5.11 Å². The number of aliphatic hydroxyl groups is 1. The molecule has 1 aliphatic rings. The molecule has 3 heteroatoms. The SMILES string of the molecule is Cc1cc(CN2CC(C)(O)C2)cc(C)c1Br. The lowest BCUT2D eigenvalue weighted by atomic mass is 9.96. The lowest BCUT2D eigenvalue weighted by molar-refractivity contribution is -0.0871. The molecule has 2 rings (SSSR count). The van der Waals surface area contributed by atoms with Crippen molar-refractivity contribution >= 4 is 15.9 Å². The third-order valence-electron chi connectivity index (χ3n) is 3.03. The Hall–Kier alpha value is -0.380. The van der Waals surface area contributed by atoms with E-state index >= 15 is 0 Å². The first-order valence-corrected chi connectivity index (χ1v) is 6.37. The maximum absolute atomic E-state index is 9.67. The van der Waals surface area contributed by atoms with Gasteiger partial charge in [0, 0.05) is 24.1 Å². The highest BCUT2D eigenvalue weighted by Gasteiger charge is 2.36. The summed E-state index contributed by atoms with van der Waals surface area (Å²) in [5.74, 6) is 0.